The summed E-state index contributed by atoms with van der Waals surface area (Å²) in [6, 6.07) is 0. The number of aromatic amines is 1. The van der Waals surface area contributed by atoms with E-state index in [1.165, 1.54) is 0 Å². The van der Waals surface area contributed by atoms with Crippen molar-refractivity contribution in [3.05, 3.63) is 11.6 Å². The standard InChI is InChI=1S/C15H24N4O3/c1-15(2,3)14-16-12(17-18-14)11-9-19(6-8-22-11)13(20)10-5-4-7-21-10/h10-11H,4-9H2,1-3H3,(H,16,17,18)/t10-,11-/m1/s1. The molecule has 1 N–H and O–H groups in total. The van der Waals surface area contributed by atoms with Crippen LogP contribution in [0.15, 0.2) is 0 Å². The molecule has 2 aliphatic heterocycles. The number of nitrogens with zero attached hydrogens (tertiary/aromatic N) is 3. The van der Waals surface area contributed by atoms with Gasteiger partial charge in [0.15, 0.2) is 11.6 Å². The quantitative estimate of drug-likeness (QED) is 0.887. The van der Waals surface area contributed by atoms with Gasteiger partial charge in [-0.15, -0.1) is 0 Å². The van der Waals surface area contributed by atoms with E-state index >= 15 is 0 Å². The zero-order valence-corrected chi connectivity index (χ0v) is 13.5. The maximum atomic E-state index is 12.4. The fourth-order valence-electron chi connectivity index (χ4n) is 2.74. The van der Waals surface area contributed by atoms with E-state index in [0.717, 1.165) is 18.7 Å². The van der Waals surface area contributed by atoms with Gasteiger partial charge in [0.1, 0.15) is 12.2 Å². The van der Waals surface area contributed by atoms with Gasteiger partial charge in [-0.2, -0.15) is 5.10 Å². The Morgan fingerprint density at radius 1 is 1.32 bits per heavy atom. The molecule has 0 spiro atoms. The Morgan fingerprint density at radius 3 is 2.77 bits per heavy atom. The minimum absolute atomic E-state index is 0.0707. The number of morpholine rings is 1. The lowest BCUT2D eigenvalue weighted by Crippen LogP contribution is -2.46. The highest BCUT2D eigenvalue weighted by Gasteiger charge is 2.33. The van der Waals surface area contributed by atoms with Crippen LogP contribution in [0.1, 0.15) is 51.4 Å². The monoisotopic (exact) mass is 308 g/mol. The smallest absolute Gasteiger partial charge is 0.251 e. The number of nitrogens with one attached hydrogen (secondary N) is 1. The Hall–Kier alpha value is -1.47. The molecule has 7 heteroatoms. The van der Waals surface area contributed by atoms with Crippen LogP contribution >= 0.6 is 0 Å². The van der Waals surface area contributed by atoms with Gasteiger partial charge in [-0.05, 0) is 12.8 Å². The molecule has 0 aliphatic carbocycles. The second-order valence-electron chi connectivity index (χ2n) is 6.94. The first-order chi connectivity index (χ1) is 10.4. The highest BCUT2D eigenvalue weighted by molar-refractivity contribution is 5.81. The second kappa shape index (κ2) is 5.96. The fraction of sp³-hybridized carbons (Fsp3) is 0.800. The maximum Gasteiger partial charge on any atom is 0.251 e. The Morgan fingerprint density at radius 2 is 2.14 bits per heavy atom. The van der Waals surface area contributed by atoms with Crippen molar-refractivity contribution in [1.82, 2.24) is 20.1 Å². The Kier molecular flexibility index (Phi) is 4.18. The molecule has 3 rings (SSSR count). The molecule has 0 radical (unpaired) electrons. The SMILES string of the molecule is CC(C)(C)c1n[nH]c([C@H]2CN(C(=O)[C@H]3CCCO3)CCO2)n1. The molecule has 3 heterocycles. The summed E-state index contributed by atoms with van der Waals surface area (Å²) in [4.78, 5) is 18.8. The summed E-state index contributed by atoms with van der Waals surface area (Å²) in [5.41, 5.74) is -0.114. The van der Waals surface area contributed by atoms with Crippen molar-refractivity contribution in [2.24, 2.45) is 0 Å². The third-order valence-electron chi connectivity index (χ3n) is 4.06. The molecule has 7 nitrogen and oxygen atoms in total. The Labute approximate surface area is 130 Å². The molecule has 1 aromatic rings. The third kappa shape index (κ3) is 3.15. The van der Waals surface area contributed by atoms with E-state index in [0.29, 0.717) is 32.1 Å². The maximum absolute atomic E-state index is 12.4. The first-order valence-electron chi connectivity index (χ1n) is 7.90. The zero-order chi connectivity index (χ0) is 15.7. The lowest BCUT2D eigenvalue weighted by molar-refractivity contribution is -0.148. The van der Waals surface area contributed by atoms with E-state index in [9.17, 15) is 4.79 Å². The first kappa shape index (κ1) is 15.4. The predicted molar refractivity (Wildman–Crippen MR) is 79.3 cm³/mol. The van der Waals surface area contributed by atoms with Gasteiger partial charge in [0.25, 0.3) is 5.91 Å². The highest BCUT2D eigenvalue weighted by atomic mass is 16.5. The van der Waals surface area contributed by atoms with Crippen LogP contribution in [0.2, 0.25) is 0 Å². The summed E-state index contributed by atoms with van der Waals surface area (Å²) in [5, 5.41) is 7.22. The lowest BCUT2D eigenvalue weighted by Gasteiger charge is -2.33. The summed E-state index contributed by atoms with van der Waals surface area (Å²) in [6.45, 7) is 8.49. The number of rotatable bonds is 2. The molecule has 22 heavy (non-hydrogen) atoms. The van der Waals surface area contributed by atoms with Gasteiger partial charge in [-0.25, -0.2) is 4.98 Å². The summed E-state index contributed by atoms with van der Waals surface area (Å²) in [6.07, 6.45) is 1.25. The first-order valence-corrected chi connectivity index (χ1v) is 7.90. The average Bonchev–Trinajstić information content (AvgIpc) is 3.17. The Bertz CT molecular complexity index is 531. The van der Waals surface area contributed by atoms with Crippen molar-refractivity contribution in [3.8, 4) is 0 Å². The van der Waals surface area contributed by atoms with Crippen molar-refractivity contribution in [2.45, 2.75) is 51.2 Å². The highest BCUT2D eigenvalue weighted by Crippen LogP contribution is 2.24. The molecular weight excluding hydrogens is 284 g/mol. The van der Waals surface area contributed by atoms with Gasteiger partial charge in [0, 0.05) is 18.6 Å². The second-order valence-corrected chi connectivity index (χ2v) is 6.94. The molecule has 0 aromatic carbocycles. The van der Waals surface area contributed by atoms with Crippen molar-refractivity contribution >= 4 is 5.91 Å². The van der Waals surface area contributed by atoms with Crippen LogP contribution in [0.4, 0.5) is 0 Å². The number of hydrogen-bond donors (Lipinski definition) is 1. The number of H-pyrrole nitrogens is 1. The predicted octanol–water partition coefficient (Wildman–Crippen LogP) is 1.18. The van der Waals surface area contributed by atoms with Crippen LogP contribution in [0, 0.1) is 0 Å². The van der Waals surface area contributed by atoms with Crippen molar-refractivity contribution in [1.29, 1.82) is 0 Å². The largest absolute Gasteiger partial charge is 0.368 e. The number of hydrogen-bond acceptors (Lipinski definition) is 5. The van der Waals surface area contributed by atoms with E-state index in [4.69, 9.17) is 9.47 Å². The van der Waals surface area contributed by atoms with Crippen molar-refractivity contribution in [2.75, 3.05) is 26.3 Å². The van der Waals surface area contributed by atoms with E-state index in [-0.39, 0.29) is 23.5 Å². The molecule has 0 unspecified atom stereocenters. The fourth-order valence-corrected chi connectivity index (χ4v) is 2.74. The van der Waals surface area contributed by atoms with E-state index in [1.54, 1.807) is 0 Å². The molecule has 2 aliphatic rings. The summed E-state index contributed by atoms with van der Waals surface area (Å²) in [5.74, 6) is 1.52. The summed E-state index contributed by atoms with van der Waals surface area (Å²) >= 11 is 0. The average molecular weight is 308 g/mol. The lowest BCUT2D eigenvalue weighted by atomic mass is 9.96. The summed E-state index contributed by atoms with van der Waals surface area (Å²) < 4.78 is 11.3. The van der Waals surface area contributed by atoms with Crippen LogP contribution in [0.25, 0.3) is 0 Å². The van der Waals surface area contributed by atoms with Crippen LogP contribution in [0.5, 0.6) is 0 Å². The molecule has 2 atom stereocenters. The minimum atomic E-state index is -0.279. The van der Waals surface area contributed by atoms with Gasteiger partial charge in [0.05, 0.1) is 13.2 Å². The van der Waals surface area contributed by atoms with E-state index < -0.39 is 0 Å². The molecule has 0 bridgehead atoms. The number of aromatic nitrogens is 3. The molecular formula is C15H24N4O3. The topological polar surface area (TPSA) is 80.3 Å². The Balaban J connectivity index is 1.67. The number of amides is 1. The number of carbonyl (C=O) groups is 1. The molecule has 2 fully saturated rings. The molecule has 122 valence electrons. The number of carbonyl (C=O) groups excluding carboxylic acids is 1. The zero-order valence-electron chi connectivity index (χ0n) is 13.5. The molecule has 2 saturated heterocycles. The van der Waals surface area contributed by atoms with E-state index in [1.807, 2.05) is 4.90 Å². The minimum Gasteiger partial charge on any atom is -0.368 e. The van der Waals surface area contributed by atoms with Gasteiger partial charge in [0.2, 0.25) is 0 Å². The summed E-state index contributed by atoms with van der Waals surface area (Å²) in [7, 11) is 0. The van der Waals surface area contributed by atoms with Crippen LogP contribution in [0.3, 0.4) is 0 Å². The van der Waals surface area contributed by atoms with Gasteiger partial charge in [-0.1, -0.05) is 20.8 Å². The van der Waals surface area contributed by atoms with Crippen LogP contribution < -0.4 is 0 Å². The molecule has 0 saturated carbocycles. The molecule has 1 amide bonds. The molecule has 1 aromatic heterocycles. The van der Waals surface area contributed by atoms with E-state index in [2.05, 4.69) is 36.0 Å². The van der Waals surface area contributed by atoms with Crippen LogP contribution in [-0.4, -0.2) is 58.4 Å². The van der Waals surface area contributed by atoms with Gasteiger partial charge >= 0.3 is 0 Å². The number of ether oxygens (including phenoxy) is 2. The van der Waals surface area contributed by atoms with Gasteiger partial charge in [-0.3, -0.25) is 9.89 Å². The van der Waals surface area contributed by atoms with Gasteiger partial charge < -0.3 is 14.4 Å². The third-order valence-corrected chi connectivity index (χ3v) is 4.06. The van der Waals surface area contributed by atoms with Crippen molar-refractivity contribution in [3.63, 3.8) is 0 Å². The normalized spacial score (nSPS) is 26.4. The van der Waals surface area contributed by atoms with Crippen molar-refractivity contribution < 1.29 is 14.3 Å². The van der Waals surface area contributed by atoms with Crippen LogP contribution in [-0.2, 0) is 19.7 Å².